The van der Waals surface area contributed by atoms with Crippen molar-refractivity contribution >= 4 is 53.1 Å². The molecule has 0 saturated heterocycles. The molecule has 142 valence electrons. The lowest BCUT2D eigenvalue weighted by Gasteiger charge is -2.11. The maximum absolute atomic E-state index is 11.2. The monoisotopic (exact) mass is 488 g/mol. The maximum Gasteiger partial charge on any atom is 0.411 e. The van der Waals surface area contributed by atoms with Crippen LogP contribution in [-0.2, 0) is 24.2 Å². The van der Waals surface area contributed by atoms with E-state index >= 15 is 0 Å². The Morgan fingerprint density at radius 1 is 1.08 bits per heavy atom. The van der Waals surface area contributed by atoms with Crippen LogP contribution < -0.4 is 16.0 Å². The molecule has 6 nitrogen and oxygen atoms in total. The van der Waals surface area contributed by atoms with Gasteiger partial charge in [0.25, 0.3) is 0 Å². The zero-order valence-corrected chi connectivity index (χ0v) is 18.3. The zero-order chi connectivity index (χ0) is 18.1. The fraction of sp³-hybridized carbons (Fsp3) is 0.333. The predicted molar refractivity (Wildman–Crippen MR) is 119 cm³/mol. The van der Waals surface area contributed by atoms with E-state index in [0.29, 0.717) is 12.2 Å². The van der Waals surface area contributed by atoms with Gasteiger partial charge >= 0.3 is 6.09 Å². The van der Waals surface area contributed by atoms with E-state index in [9.17, 15) is 4.79 Å². The summed E-state index contributed by atoms with van der Waals surface area (Å²) in [5, 5.41) is 9.22. The molecule has 3 N–H and O–H groups in total. The number of aliphatic imine (C=N–C) groups is 1. The van der Waals surface area contributed by atoms with Crippen molar-refractivity contribution in [1.82, 2.24) is 10.6 Å². The third-order valence-corrected chi connectivity index (χ3v) is 4.79. The van der Waals surface area contributed by atoms with E-state index in [-0.39, 0.29) is 24.0 Å². The summed E-state index contributed by atoms with van der Waals surface area (Å²) in [6.07, 6.45) is 0.591. The third-order valence-electron chi connectivity index (χ3n) is 3.57. The first-order chi connectivity index (χ1) is 12.1. The van der Waals surface area contributed by atoms with Gasteiger partial charge in [-0.1, -0.05) is 19.1 Å². The number of carbonyl (C=O) groups excluding carboxylic acids is 1. The van der Waals surface area contributed by atoms with Gasteiger partial charge in [-0.05, 0) is 36.2 Å². The average Bonchev–Trinajstić information content (AvgIpc) is 3.11. The number of thiophene rings is 1. The van der Waals surface area contributed by atoms with Crippen LogP contribution in [0.1, 0.15) is 22.2 Å². The molecular weight excluding hydrogens is 463 g/mol. The van der Waals surface area contributed by atoms with Crippen LogP contribution in [-0.4, -0.2) is 26.2 Å². The molecule has 0 spiro atoms. The molecule has 1 amide bonds. The minimum Gasteiger partial charge on any atom is -0.453 e. The Balaban J connectivity index is 0.00000338. The van der Waals surface area contributed by atoms with E-state index in [1.807, 2.05) is 35.6 Å². The van der Waals surface area contributed by atoms with Gasteiger partial charge in [0.2, 0.25) is 0 Å². The van der Waals surface area contributed by atoms with Gasteiger partial charge in [0.1, 0.15) is 0 Å². The Bertz CT molecular complexity index is 716. The Kier molecular flexibility index (Phi) is 10.0. The summed E-state index contributed by atoms with van der Waals surface area (Å²) in [6.45, 7) is 3.56. The van der Waals surface area contributed by atoms with Crippen molar-refractivity contribution in [3.05, 3.63) is 51.7 Å². The lowest BCUT2D eigenvalue weighted by atomic mass is 10.2. The Labute approximate surface area is 175 Å². The molecule has 8 heteroatoms. The molecule has 1 aromatic carbocycles. The van der Waals surface area contributed by atoms with Gasteiger partial charge in [-0.15, -0.1) is 35.3 Å². The molecule has 26 heavy (non-hydrogen) atoms. The van der Waals surface area contributed by atoms with Crippen LogP contribution >= 0.6 is 35.3 Å². The smallest absolute Gasteiger partial charge is 0.411 e. The van der Waals surface area contributed by atoms with Gasteiger partial charge in [-0.3, -0.25) is 10.3 Å². The van der Waals surface area contributed by atoms with E-state index in [2.05, 4.69) is 44.7 Å². The second-order valence-corrected chi connectivity index (χ2v) is 6.57. The third kappa shape index (κ3) is 7.20. The SMILES string of the molecule is CCc1ccc(CNC(=NC)NCc2ccc(NC(=O)OC)cc2)s1.I. The first kappa shape index (κ1) is 22.2. The lowest BCUT2D eigenvalue weighted by molar-refractivity contribution is 0.187. The molecule has 0 aliphatic rings. The van der Waals surface area contributed by atoms with Crippen molar-refractivity contribution in [2.45, 2.75) is 26.4 Å². The molecule has 2 rings (SSSR count). The van der Waals surface area contributed by atoms with Crippen molar-refractivity contribution < 1.29 is 9.53 Å². The number of aryl methyl sites for hydroxylation is 1. The predicted octanol–water partition coefficient (Wildman–Crippen LogP) is 3.97. The molecule has 0 radical (unpaired) electrons. The maximum atomic E-state index is 11.2. The summed E-state index contributed by atoms with van der Waals surface area (Å²) in [7, 11) is 3.09. The van der Waals surface area contributed by atoms with Crippen LogP contribution in [0.25, 0.3) is 0 Å². The second kappa shape index (κ2) is 11.7. The van der Waals surface area contributed by atoms with Gasteiger partial charge < -0.3 is 15.4 Å². The fourth-order valence-electron chi connectivity index (χ4n) is 2.16. The number of methoxy groups -OCH3 is 1. The highest BCUT2D eigenvalue weighted by Crippen LogP contribution is 2.16. The molecule has 0 atom stereocenters. The standard InChI is InChI=1S/C18H24N4O2S.HI/c1-4-15-9-10-16(25-15)12-21-17(19-2)20-11-13-5-7-14(8-6-13)22-18(23)24-3;/h5-10H,4,11-12H2,1-3H3,(H,22,23)(H2,19,20,21);1H. The van der Waals surface area contributed by atoms with E-state index < -0.39 is 6.09 Å². The summed E-state index contributed by atoms with van der Waals surface area (Å²) < 4.78 is 4.56. The highest BCUT2D eigenvalue weighted by atomic mass is 127. The number of rotatable bonds is 6. The van der Waals surface area contributed by atoms with Crippen LogP contribution in [0.15, 0.2) is 41.4 Å². The number of nitrogens with one attached hydrogen (secondary N) is 3. The number of halogens is 1. The molecule has 2 aromatic rings. The number of nitrogens with zero attached hydrogens (tertiary/aromatic N) is 1. The van der Waals surface area contributed by atoms with E-state index in [1.54, 1.807) is 7.05 Å². The van der Waals surface area contributed by atoms with Crippen molar-refractivity contribution in [3.8, 4) is 0 Å². The average molecular weight is 488 g/mol. The van der Waals surface area contributed by atoms with Gasteiger partial charge in [0, 0.05) is 29.0 Å². The highest BCUT2D eigenvalue weighted by molar-refractivity contribution is 14.0. The quantitative estimate of drug-likeness (QED) is 0.327. The Morgan fingerprint density at radius 2 is 1.73 bits per heavy atom. The van der Waals surface area contributed by atoms with Crippen LogP contribution in [0.5, 0.6) is 0 Å². The van der Waals surface area contributed by atoms with Gasteiger partial charge in [0.15, 0.2) is 5.96 Å². The van der Waals surface area contributed by atoms with E-state index in [1.165, 1.54) is 16.9 Å². The summed E-state index contributed by atoms with van der Waals surface area (Å²) in [6, 6.07) is 11.9. The molecule has 0 unspecified atom stereocenters. The summed E-state index contributed by atoms with van der Waals surface area (Å²) >= 11 is 1.82. The summed E-state index contributed by atoms with van der Waals surface area (Å²) in [5.41, 5.74) is 1.78. The van der Waals surface area contributed by atoms with Gasteiger partial charge in [-0.25, -0.2) is 4.79 Å². The Hall–Kier alpha value is -1.81. The van der Waals surface area contributed by atoms with Crippen LogP contribution in [0, 0.1) is 0 Å². The number of ether oxygens (including phenoxy) is 1. The molecule has 0 saturated carbocycles. The van der Waals surface area contributed by atoms with Crippen molar-refractivity contribution in [3.63, 3.8) is 0 Å². The van der Waals surface area contributed by atoms with Crippen LogP contribution in [0.4, 0.5) is 10.5 Å². The minimum absolute atomic E-state index is 0. The molecule has 1 aromatic heterocycles. The zero-order valence-electron chi connectivity index (χ0n) is 15.2. The van der Waals surface area contributed by atoms with Crippen LogP contribution in [0.3, 0.4) is 0 Å². The number of anilines is 1. The van der Waals surface area contributed by atoms with Crippen molar-refractivity contribution in [2.24, 2.45) is 4.99 Å². The molecule has 0 aliphatic heterocycles. The normalized spacial score (nSPS) is 10.7. The second-order valence-electron chi connectivity index (χ2n) is 5.31. The highest BCUT2D eigenvalue weighted by Gasteiger charge is 2.03. The van der Waals surface area contributed by atoms with Crippen molar-refractivity contribution in [2.75, 3.05) is 19.5 Å². The first-order valence-electron chi connectivity index (χ1n) is 8.10. The molecule has 1 heterocycles. The number of benzene rings is 1. The van der Waals surface area contributed by atoms with Gasteiger partial charge in [-0.2, -0.15) is 0 Å². The molecular formula is C18H25IN4O2S. The minimum atomic E-state index is -0.477. The van der Waals surface area contributed by atoms with E-state index in [4.69, 9.17) is 0 Å². The number of hydrogen-bond donors (Lipinski definition) is 3. The Morgan fingerprint density at radius 3 is 2.31 bits per heavy atom. The van der Waals surface area contributed by atoms with Crippen LogP contribution in [0.2, 0.25) is 0 Å². The number of guanidine groups is 1. The number of hydrogen-bond acceptors (Lipinski definition) is 4. The van der Waals surface area contributed by atoms with Gasteiger partial charge in [0.05, 0.1) is 13.7 Å². The van der Waals surface area contributed by atoms with Crippen molar-refractivity contribution in [1.29, 1.82) is 0 Å². The topological polar surface area (TPSA) is 74.8 Å². The summed E-state index contributed by atoms with van der Waals surface area (Å²) in [5.74, 6) is 0.753. The molecule has 0 fully saturated rings. The fourth-order valence-corrected chi connectivity index (χ4v) is 3.06. The van der Waals surface area contributed by atoms with E-state index in [0.717, 1.165) is 24.5 Å². The largest absolute Gasteiger partial charge is 0.453 e. The number of amides is 1. The first-order valence-corrected chi connectivity index (χ1v) is 8.92. The molecule has 0 bridgehead atoms. The lowest BCUT2D eigenvalue weighted by Crippen LogP contribution is -2.36. The summed E-state index contributed by atoms with van der Waals surface area (Å²) in [4.78, 5) is 18.1. The molecule has 0 aliphatic carbocycles. The number of carbonyl (C=O) groups is 1.